The van der Waals surface area contributed by atoms with Crippen LogP contribution in [0, 0.1) is 31.5 Å². The van der Waals surface area contributed by atoms with Crippen molar-refractivity contribution in [3.8, 4) is 11.1 Å². The van der Waals surface area contributed by atoms with E-state index in [0.29, 0.717) is 91.5 Å². The van der Waals surface area contributed by atoms with Gasteiger partial charge < -0.3 is 21.1 Å². The molecule has 0 bridgehead atoms. The minimum atomic E-state index is -4.59. The van der Waals surface area contributed by atoms with Crippen LogP contribution in [-0.2, 0) is 33.3 Å². The normalized spacial score (nSPS) is 20.3. The number of nitrogens with two attached hydrogens (primary N) is 2. The number of hydrogen-bond acceptors (Lipinski definition) is 7. The molecule has 3 aliphatic rings. The van der Waals surface area contributed by atoms with E-state index in [0.717, 1.165) is 6.07 Å². The topological polar surface area (TPSA) is 150 Å². The third-order valence-corrected chi connectivity index (χ3v) is 9.53. The zero-order valence-corrected chi connectivity index (χ0v) is 27.6. The van der Waals surface area contributed by atoms with E-state index in [4.69, 9.17) is 16.2 Å². The zero-order valence-electron chi connectivity index (χ0n) is 27.6. The van der Waals surface area contributed by atoms with Crippen molar-refractivity contribution in [2.75, 3.05) is 24.7 Å². The van der Waals surface area contributed by atoms with E-state index in [1.807, 2.05) is 13.0 Å². The molecule has 1 aromatic carbocycles. The van der Waals surface area contributed by atoms with E-state index in [2.05, 4.69) is 24.8 Å². The molecule has 1 aliphatic carbocycles. The smallest absolute Gasteiger partial charge is 0.383 e. The molecule has 2 amide bonds. The molecule has 1 saturated carbocycles. The molecule has 3 aromatic rings. The Hall–Kier alpha value is -4.46. The van der Waals surface area contributed by atoms with E-state index in [1.54, 1.807) is 13.8 Å². The van der Waals surface area contributed by atoms with Gasteiger partial charge in [-0.1, -0.05) is 0 Å². The number of primary amides is 1. The van der Waals surface area contributed by atoms with Gasteiger partial charge in [0.1, 0.15) is 23.2 Å². The van der Waals surface area contributed by atoms with Crippen molar-refractivity contribution in [2.45, 2.75) is 77.4 Å². The first-order valence-corrected chi connectivity index (χ1v) is 16.5. The molecule has 4 N–H and O–H groups in total. The van der Waals surface area contributed by atoms with Gasteiger partial charge in [0, 0.05) is 64.1 Å². The molecule has 2 aliphatic heterocycles. The van der Waals surface area contributed by atoms with Crippen molar-refractivity contribution in [1.82, 2.24) is 15.0 Å². The maximum atomic E-state index is 16.1. The number of pyridine rings is 1. The fourth-order valence-electron chi connectivity index (χ4n) is 6.90. The van der Waals surface area contributed by atoms with Gasteiger partial charge in [0.05, 0.1) is 25.3 Å². The Balaban J connectivity index is 1.26. The standard InChI is InChI=1S/C35H39F4N7O3/c1-17-10-22(34(48)45-33(41)24-6-7-28(35(37,38)39)44-32(24)21-4-5-21)8-9-46(17)27-13-23(12-26(36)25(27)11-20-15-49-16-20)31-18(2)42-30(14-29(40)47)43-19(31)3/h6-7,12-13,17,20-22H,4-5,8-11,14-16H2,1-3H3,(H2,40,47)(H2,41,45,48). The third kappa shape index (κ3) is 7.43. The second kappa shape index (κ2) is 13.4. The van der Waals surface area contributed by atoms with E-state index in [-0.39, 0.29) is 47.2 Å². The number of aliphatic imine (C=N–C) groups is 1. The SMILES string of the molecule is Cc1nc(CC(N)=O)nc(C)c1-c1cc(F)c(CC2COC2)c(N2CCC(C(=O)N=C(N)c3ccc(C(F)(F)F)nc3C3CC3)CC2C)c1. The van der Waals surface area contributed by atoms with Gasteiger partial charge in [-0.2, -0.15) is 18.2 Å². The van der Waals surface area contributed by atoms with Crippen LogP contribution in [0.4, 0.5) is 23.2 Å². The summed E-state index contributed by atoms with van der Waals surface area (Å²) in [5.74, 6) is -1.64. The molecular weight excluding hydrogens is 642 g/mol. The Labute approximate surface area is 281 Å². The van der Waals surface area contributed by atoms with Crippen LogP contribution in [0.1, 0.15) is 78.3 Å². The van der Waals surface area contributed by atoms with Gasteiger partial charge in [0.2, 0.25) is 5.91 Å². The molecule has 0 spiro atoms. The maximum Gasteiger partial charge on any atom is 0.433 e. The van der Waals surface area contributed by atoms with Crippen LogP contribution in [0.5, 0.6) is 0 Å². The molecular formula is C35H39F4N7O3. The number of anilines is 1. The predicted molar refractivity (Wildman–Crippen MR) is 174 cm³/mol. The molecule has 3 fully saturated rings. The van der Waals surface area contributed by atoms with Gasteiger partial charge in [-0.05, 0) is 82.7 Å². The third-order valence-electron chi connectivity index (χ3n) is 9.53. The number of ether oxygens (including phenoxy) is 1. The number of benzene rings is 1. The number of carbonyl (C=O) groups is 2. The molecule has 260 valence electrons. The first kappa shape index (κ1) is 34.4. The van der Waals surface area contributed by atoms with Gasteiger partial charge in [-0.3, -0.25) is 9.59 Å². The number of hydrogen-bond donors (Lipinski definition) is 2. The molecule has 2 atom stereocenters. The highest BCUT2D eigenvalue weighted by molar-refractivity contribution is 6.05. The molecule has 2 unspecified atom stereocenters. The van der Waals surface area contributed by atoms with Crippen LogP contribution in [0.2, 0.25) is 0 Å². The minimum Gasteiger partial charge on any atom is -0.383 e. The second-order valence-electron chi connectivity index (χ2n) is 13.4. The average molecular weight is 682 g/mol. The van der Waals surface area contributed by atoms with Crippen molar-refractivity contribution < 1.29 is 31.9 Å². The molecule has 10 nitrogen and oxygen atoms in total. The number of carbonyl (C=O) groups excluding carboxylic acids is 2. The number of halogens is 4. The number of amides is 2. The number of aromatic nitrogens is 3. The van der Waals surface area contributed by atoms with Crippen LogP contribution >= 0.6 is 0 Å². The lowest BCUT2D eigenvalue weighted by Gasteiger charge is -2.40. The highest BCUT2D eigenvalue weighted by atomic mass is 19.4. The summed E-state index contributed by atoms with van der Waals surface area (Å²) in [5.41, 5.74) is 14.8. The maximum absolute atomic E-state index is 16.1. The predicted octanol–water partition coefficient (Wildman–Crippen LogP) is 4.94. The molecule has 49 heavy (non-hydrogen) atoms. The van der Waals surface area contributed by atoms with Gasteiger partial charge >= 0.3 is 6.18 Å². The van der Waals surface area contributed by atoms with Crippen molar-refractivity contribution in [3.63, 3.8) is 0 Å². The highest BCUT2D eigenvalue weighted by Crippen LogP contribution is 2.42. The minimum absolute atomic E-state index is 0.103. The Morgan fingerprint density at radius 3 is 2.31 bits per heavy atom. The quantitative estimate of drug-likeness (QED) is 0.183. The number of aryl methyl sites for hydroxylation is 2. The summed E-state index contributed by atoms with van der Waals surface area (Å²) in [7, 11) is 0. The van der Waals surface area contributed by atoms with Crippen LogP contribution < -0.4 is 16.4 Å². The number of alkyl halides is 3. The van der Waals surface area contributed by atoms with Crippen molar-refractivity contribution >= 4 is 23.3 Å². The Morgan fingerprint density at radius 1 is 1.04 bits per heavy atom. The van der Waals surface area contributed by atoms with Gasteiger partial charge in [0.25, 0.3) is 5.91 Å². The zero-order chi connectivity index (χ0) is 35.2. The van der Waals surface area contributed by atoms with Crippen molar-refractivity contribution in [2.24, 2.45) is 28.3 Å². The Bertz CT molecular complexity index is 1800. The molecule has 14 heteroatoms. The summed E-state index contributed by atoms with van der Waals surface area (Å²) in [4.78, 5) is 43.9. The summed E-state index contributed by atoms with van der Waals surface area (Å²) in [6, 6.07) is 5.36. The lowest BCUT2D eigenvalue weighted by Crippen LogP contribution is -2.43. The first-order valence-electron chi connectivity index (χ1n) is 16.5. The Kier molecular flexibility index (Phi) is 9.44. The monoisotopic (exact) mass is 681 g/mol. The number of nitrogens with zero attached hydrogens (tertiary/aromatic N) is 5. The van der Waals surface area contributed by atoms with E-state index in [1.165, 1.54) is 12.1 Å². The highest BCUT2D eigenvalue weighted by Gasteiger charge is 2.37. The Morgan fingerprint density at radius 2 is 1.73 bits per heavy atom. The van der Waals surface area contributed by atoms with E-state index >= 15 is 4.39 Å². The summed E-state index contributed by atoms with van der Waals surface area (Å²) in [5, 5.41) is 0. The largest absolute Gasteiger partial charge is 0.433 e. The summed E-state index contributed by atoms with van der Waals surface area (Å²) < 4.78 is 61.4. The molecule has 0 radical (unpaired) electrons. The second-order valence-corrected chi connectivity index (χ2v) is 13.4. The summed E-state index contributed by atoms with van der Waals surface area (Å²) in [6.07, 6.45) is -1.98. The van der Waals surface area contributed by atoms with Crippen LogP contribution in [0.25, 0.3) is 11.1 Å². The lowest BCUT2D eigenvalue weighted by molar-refractivity contribution is -0.141. The molecule has 2 saturated heterocycles. The molecule has 2 aromatic heterocycles. The van der Waals surface area contributed by atoms with E-state index in [9.17, 15) is 22.8 Å². The average Bonchev–Trinajstić information content (AvgIpc) is 3.84. The summed E-state index contributed by atoms with van der Waals surface area (Å²) in [6.45, 7) is 7.08. The van der Waals surface area contributed by atoms with Crippen LogP contribution in [0.15, 0.2) is 29.3 Å². The van der Waals surface area contributed by atoms with Gasteiger partial charge in [-0.15, -0.1) is 0 Å². The van der Waals surface area contributed by atoms with Crippen LogP contribution in [-0.4, -0.2) is 58.4 Å². The van der Waals surface area contributed by atoms with Gasteiger partial charge in [-0.25, -0.2) is 19.3 Å². The lowest BCUT2D eigenvalue weighted by atomic mass is 9.88. The van der Waals surface area contributed by atoms with Gasteiger partial charge in [0.15, 0.2) is 0 Å². The first-order chi connectivity index (χ1) is 23.2. The number of rotatable bonds is 9. The number of piperidine rings is 1. The van der Waals surface area contributed by atoms with Crippen molar-refractivity contribution in [1.29, 1.82) is 0 Å². The fraction of sp³-hybridized carbons (Fsp3) is 0.486. The summed E-state index contributed by atoms with van der Waals surface area (Å²) >= 11 is 0. The van der Waals surface area contributed by atoms with Crippen LogP contribution in [0.3, 0.4) is 0 Å². The fourth-order valence-corrected chi connectivity index (χ4v) is 6.90. The van der Waals surface area contributed by atoms with E-state index < -0.39 is 29.6 Å². The number of amidine groups is 1. The molecule has 4 heterocycles. The molecule has 6 rings (SSSR count). The van der Waals surface area contributed by atoms with Crippen molar-refractivity contribution in [3.05, 3.63) is 69.8 Å².